The van der Waals surface area contributed by atoms with Crippen LogP contribution in [-0.4, -0.2) is 34.1 Å². The minimum Gasteiger partial charge on any atom is -0.392 e. The molecular formula is C16H21N3O3. The Morgan fingerprint density at radius 3 is 2.59 bits per heavy atom. The van der Waals surface area contributed by atoms with E-state index in [1.54, 1.807) is 0 Å². The minimum absolute atomic E-state index is 0.144. The van der Waals surface area contributed by atoms with Crippen LogP contribution in [0.1, 0.15) is 43.9 Å². The Balaban J connectivity index is 1.38. The fourth-order valence-corrected chi connectivity index (χ4v) is 4.21. The van der Waals surface area contributed by atoms with Crippen molar-refractivity contribution in [3.8, 4) is 0 Å². The second-order valence-corrected chi connectivity index (χ2v) is 6.78. The molecule has 2 bridgehead atoms. The number of hydrogen-bond acceptors (Lipinski definition) is 4. The molecule has 2 fully saturated rings. The first-order valence-electron chi connectivity index (χ1n) is 8.23. The lowest BCUT2D eigenvalue weighted by Gasteiger charge is -2.41. The summed E-state index contributed by atoms with van der Waals surface area (Å²) in [5, 5.41) is 6.22. The number of allylic oxidation sites excluding steroid dienone is 2. The molecule has 6 nitrogen and oxygen atoms in total. The monoisotopic (exact) mass is 303 g/mol. The molecule has 118 valence electrons. The molecule has 5 rings (SSSR count). The maximum absolute atomic E-state index is 12.8. The number of aromatic amines is 1. The van der Waals surface area contributed by atoms with Crippen LogP contribution in [0, 0.1) is 17.8 Å². The minimum atomic E-state index is -0.501. The van der Waals surface area contributed by atoms with Gasteiger partial charge in [-0.2, -0.15) is 0 Å². The predicted molar refractivity (Wildman–Crippen MR) is 79.1 cm³/mol. The Hall–Kier alpha value is -1.85. The molecule has 1 saturated carbocycles. The number of hydrogen-bond donors (Lipinski definition) is 1. The maximum atomic E-state index is 12.8. The number of rotatable bonds is 2. The van der Waals surface area contributed by atoms with Crippen LogP contribution in [-0.2, 0) is 4.79 Å². The summed E-state index contributed by atoms with van der Waals surface area (Å²) in [6.45, 7) is 1.47. The number of fused-ring (bicyclic) bond motifs is 2. The molecule has 1 N–H and O–H groups in total. The first-order chi connectivity index (χ1) is 10.7. The van der Waals surface area contributed by atoms with Crippen molar-refractivity contribution in [2.24, 2.45) is 17.8 Å². The number of carbonyl (C=O) groups is 1. The summed E-state index contributed by atoms with van der Waals surface area (Å²) >= 11 is 0. The lowest BCUT2D eigenvalue weighted by atomic mass is 9.68. The van der Waals surface area contributed by atoms with Crippen LogP contribution in [0.4, 0.5) is 0 Å². The van der Waals surface area contributed by atoms with Gasteiger partial charge in [-0.25, -0.2) is 9.89 Å². The zero-order valence-corrected chi connectivity index (χ0v) is 12.5. The average molecular weight is 303 g/mol. The normalized spacial score (nSPS) is 31.6. The molecular weight excluding hydrogens is 282 g/mol. The van der Waals surface area contributed by atoms with Crippen LogP contribution in [0.15, 0.2) is 21.4 Å². The van der Waals surface area contributed by atoms with E-state index in [2.05, 4.69) is 22.3 Å². The number of aromatic nitrogens is 2. The van der Waals surface area contributed by atoms with Crippen LogP contribution in [0.2, 0.25) is 0 Å². The zero-order chi connectivity index (χ0) is 15.1. The average Bonchev–Trinajstić information content (AvgIpc) is 3.02. The molecule has 3 aliphatic carbocycles. The van der Waals surface area contributed by atoms with Crippen molar-refractivity contribution in [1.82, 2.24) is 15.1 Å². The van der Waals surface area contributed by atoms with Gasteiger partial charge in [0, 0.05) is 24.9 Å². The molecule has 22 heavy (non-hydrogen) atoms. The molecule has 2 heterocycles. The summed E-state index contributed by atoms with van der Waals surface area (Å²) in [6.07, 6.45) is 9.60. The van der Waals surface area contributed by atoms with Gasteiger partial charge in [0.1, 0.15) is 0 Å². The molecule has 4 aliphatic rings. The van der Waals surface area contributed by atoms with E-state index in [4.69, 9.17) is 4.42 Å². The van der Waals surface area contributed by atoms with E-state index in [0.717, 1.165) is 38.8 Å². The van der Waals surface area contributed by atoms with Gasteiger partial charge in [-0.1, -0.05) is 12.2 Å². The van der Waals surface area contributed by atoms with Crippen molar-refractivity contribution < 1.29 is 9.21 Å². The predicted octanol–water partition coefficient (Wildman–Crippen LogP) is 1.67. The zero-order valence-electron chi connectivity index (χ0n) is 12.5. The van der Waals surface area contributed by atoms with Gasteiger partial charge in [0.05, 0.1) is 0 Å². The molecule has 0 spiro atoms. The second-order valence-electron chi connectivity index (χ2n) is 6.78. The molecule has 6 heteroatoms. The highest BCUT2D eigenvalue weighted by atomic mass is 16.4. The molecule has 3 atom stereocenters. The third-order valence-corrected chi connectivity index (χ3v) is 5.50. The van der Waals surface area contributed by atoms with Crippen LogP contribution in [0.25, 0.3) is 0 Å². The highest BCUT2D eigenvalue weighted by Crippen LogP contribution is 2.41. The van der Waals surface area contributed by atoms with Gasteiger partial charge in [-0.15, -0.1) is 5.10 Å². The summed E-state index contributed by atoms with van der Waals surface area (Å²) in [7, 11) is 0. The Morgan fingerprint density at radius 2 is 2.05 bits per heavy atom. The first kappa shape index (κ1) is 13.8. The Morgan fingerprint density at radius 1 is 1.23 bits per heavy atom. The fraction of sp³-hybridized carbons (Fsp3) is 0.688. The molecule has 1 saturated heterocycles. The van der Waals surface area contributed by atoms with Crippen molar-refractivity contribution in [1.29, 1.82) is 0 Å². The summed E-state index contributed by atoms with van der Waals surface area (Å²) in [6, 6.07) is 0. The van der Waals surface area contributed by atoms with Gasteiger partial charge in [-0.05, 0) is 43.9 Å². The fourth-order valence-electron chi connectivity index (χ4n) is 4.21. The highest BCUT2D eigenvalue weighted by molar-refractivity contribution is 5.80. The van der Waals surface area contributed by atoms with Crippen LogP contribution in [0.5, 0.6) is 0 Å². The highest BCUT2D eigenvalue weighted by Gasteiger charge is 2.39. The van der Waals surface area contributed by atoms with Crippen molar-refractivity contribution in [3.63, 3.8) is 0 Å². The number of carbonyl (C=O) groups excluding carboxylic acids is 1. The van der Waals surface area contributed by atoms with Crippen molar-refractivity contribution in [2.45, 2.75) is 38.0 Å². The standard InChI is InChI=1S/C16H21N3O3/c20-15(13-9-10-1-3-11(13)4-2-10)19-7-5-12(6-8-19)14-17-18-16(21)22-14/h1,3,10-13H,2,4-9H2,(H,18,21)/t10-,11+,13-/m1/s1. The SMILES string of the molecule is O=C([C@@H]1C[C@@H]2C=C[C@H]1CC2)N1CCC(c2n[nH]c(=O)o2)CC1. The van der Waals surface area contributed by atoms with E-state index in [-0.39, 0.29) is 11.8 Å². The quantitative estimate of drug-likeness (QED) is 0.843. The third kappa shape index (κ3) is 2.40. The second kappa shape index (κ2) is 5.41. The Kier molecular flexibility index (Phi) is 3.39. The van der Waals surface area contributed by atoms with Gasteiger partial charge >= 0.3 is 5.76 Å². The number of H-pyrrole nitrogens is 1. The van der Waals surface area contributed by atoms with Crippen molar-refractivity contribution in [3.05, 3.63) is 28.6 Å². The van der Waals surface area contributed by atoms with Gasteiger partial charge in [-0.3, -0.25) is 4.79 Å². The van der Waals surface area contributed by atoms with E-state index >= 15 is 0 Å². The number of nitrogens with zero attached hydrogens (tertiary/aromatic N) is 2. The van der Waals surface area contributed by atoms with Crippen LogP contribution >= 0.6 is 0 Å². The number of nitrogens with one attached hydrogen (secondary N) is 1. The molecule has 1 aliphatic heterocycles. The van der Waals surface area contributed by atoms with Crippen molar-refractivity contribution in [2.75, 3.05) is 13.1 Å². The smallest absolute Gasteiger partial charge is 0.392 e. The lowest BCUT2D eigenvalue weighted by Crippen LogP contribution is -2.45. The van der Waals surface area contributed by atoms with Gasteiger partial charge in [0.2, 0.25) is 11.8 Å². The van der Waals surface area contributed by atoms with Crippen LogP contribution < -0.4 is 5.76 Å². The third-order valence-electron chi connectivity index (χ3n) is 5.50. The van der Waals surface area contributed by atoms with E-state index < -0.39 is 5.76 Å². The molecule has 0 aromatic carbocycles. The summed E-state index contributed by atoms with van der Waals surface area (Å²) in [4.78, 5) is 25.8. The number of piperidine rings is 1. The topological polar surface area (TPSA) is 79.2 Å². The van der Waals surface area contributed by atoms with Gasteiger partial charge in [0.25, 0.3) is 0 Å². The largest absolute Gasteiger partial charge is 0.434 e. The molecule has 0 unspecified atom stereocenters. The van der Waals surface area contributed by atoms with E-state index in [0.29, 0.717) is 23.6 Å². The molecule has 1 aromatic rings. The summed E-state index contributed by atoms with van der Waals surface area (Å²) in [5.41, 5.74) is 0. The van der Waals surface area contributed by atoms with E-state index in [1.807, 2.05) is 4.90 Å². The van der Waals surface area contributed by atoms with Gasteiger partial charge in [0.15, 0.2) is 0 Å². The van der Waals surface area contributed by atoms with Crippen LogP contribution in [0.3, 0.4) is 0 Å². The number of amides is 1. The molecule has 0 radical (unpaired) electrons. The Labute approximate surface area is 128 Å². The van der Waals surface area contributed by atoms with E-state index in [1.165, 1.54) is 6.42 Å². The lowest BCUT2D eigenvalue weighted by molar-refractivity contribution is -0.139. The summed E-state index contributed by atoms with van der Waals surface area (Å²) < 4.78 is 5.04. The molecule has 1 amide bonds. The Bertz CT molecular complexity index is 639. The van der Waals surface area contributed by atoms with E-state index in [9.17, 15) is 9.59 Å². The first-order valence-corrected chi connectivity index (χ1v) is 8.23. The summed E-state index contributed by atoms with van der Waals surface area (Å²) in [5.74, 6) is 1.68. The maximum Gasteiger partial charge on any atom is 0.434 e. The number of likely N-dealkylation sites (tertiary alicyclic amines) is 1. The van der Waals surface area contributed by atoms with Gasteiger partial charge < -0.3 is 9.32 Å². The van der Waals surface area contributed by atoms with Crippen molar-refractivity contribution >= 4 is 5.91 Å². The molecule has 1 aromatic heterocycles.